The first-order chi connectivity index (χ1) is 30.8. The zero-order valence-corrected chi connectivity index (χ0v) is 34.0. The van der Waals surface area contributed by atoms with Crippen molar-refractivity contribution in [2.24, 2.45) is 0 Å². The average molecular weight is 789 g/mol. The van der Waals surface area contributed by atoms with Crippen LogP contribution in [0.25, 0.3) is 93.2 Å². The first-order valence-corrected chi connectivity index (χ1v) is 21.4. The molecule has 0 N–H and O–H groups in total. The Hall–Kier alpha value is -8.20. The van der Waals surface area contributed by atoms with Crippen LogP contribution in [0.4, 0.5) is 17.1 Å². The predicted molar refractivity (Wildman–Crippen MR) is 264 cm³/mol. The van der Waals surface area contributed by atoms with Crippen molar-refractivity contribution in [2.75, 3.05) is 4.90 Å². The van der Waals surface area contributed by atoms with Crippen LogP contribution in [-0.4, -0.2) is 4.57 Å². The Morgan fingerprint density at radius 1 is 0.306 bits per heavy atom. The second-order valence-electron chi connectivity index (χ2n) is 16.0. The SMILES string of the molecule is c1ccc(-c2c(N(c3ccc(-c4cccc5ccccc45)cc3)c3cccc(-c4cccc5c4c4ccccc4n5-c4ccccc4)c3)c3ccccc3c3ccccc23)cc1. The second kappa shape index (κ2) is 14.8. The van der Waals surface area contributed by atoms with E-state index in [4.69, 9.17) is 0 Å². The number of para-hydroxylation sites is 2. The van der Waals surface area contributed by atoms with E-state index in [1.54, 1.807) is 0 Å². The molecule has 2 nitrogen and oxygen atoms in total. The Morgan fingerprint density at radius 3 is 1.65 bits per heavy atom. The molecule has 1 heterocycles. The Kier molecular flexibility index (Phi) is 8.53. The fourth-order valence-corrected chi connectivity index (χ4v) is 9.85. The van der Waals surface area contributed by atoms with Gasteiger partial charge in [-0.15, -0.1) is 0 Å². The minimum absolute atomic E-state index is 1.09. The van der Waals surface area contributed by atoms with E-state index >= 15 is 0 Å². The number of nitrogens with zero attached hydrogens (tertiary/aromatic N) is 2. The number of aromatic nitrogens is 1. The Morgan fingerprint density at radius 2 is 0.855 bits per heavy atom. The minimum atomic E-state index is 1.09. The summed E-state index contributed by atoms with van der Waals surface area (Å²) < 4.78 is 2.40. The summed E-state index contributed by atoms with van der Waals surface area (Å²) >= 11 is 0. The maximum Gasteiger partial charge on any atom is 0.0624 e. The lowest BCUT2D eigenvalue weighted by Crippen LogP contribution is -2.12. The summed E-state index contributed by atoms with van der Waals surface area (Å²) in [5.41, 5.74) is 14.0. The van der Waals surface area contributed by atoms with Gasteiger partial charge in [-0.25, -0.2) is 0 Å². The average Bonchev–Trinajstić information content (AvgIpc) is 3.69. The Bertz CT molecular complexity index is 3620. The van der Waals surface area contributed by atoms with Gasteiger partial charge < -0.3 is 9.47 Å². The van der Waals surface area contributed by atoms with Crippen molar-refractivity contribution in [3.8, 4) is 39.1 Å². The van der Waals surface area contributed by atoms with Gasteiger partial charge in [-0.1, -0.05) is 194 Å². The molecule has 0 amide bonds. The number of rotatable bonds is 7. The van der Waals surface area contributed by atoms with Crippen molar-refractivity contribution < 1.29 is 0 Å². The Labute approximate surface area is 360 Å². The van der Waals surface area contributed by atoms with Crippen LogP contribution < -0.4 is 4.90 Å². The van der Waals surface area contributed by atoms with Gasteiger partial charge in [0.25, 0.3) is 0 Å². The third-order valence-corrected chi connectivity index (χ3v) is 12.5. The van der Waals surface area contributed by atoms with Crippen LogP contribution in [0.1, 0.15) is 0 Å². The smallest absolute Gasteiger partial charge is 0.0624 e. The molecule has 62 heavy (non-hydrogen) atoms. The highest BCUT2D eigenvalue weighted by Crippen LogP contribution is 2.50. The number of fused-ring (bicyclic) bond motifs is 7. The summed E-state index contributed by atoms with van der Waals surface area (Å²) in [5.74, 6) is 0. The molecule has 2 heteroatoms. The highest BCUT2D eigenvalue weighted by molar-refractivity contribution is 6.23. The molecule has 12 aromatic rings. The first-order valence-electron chi connectivity index (χ1n) is 21.4. The van der Waals surface area contributed by atoms with Crippen molar-refractivity contribution in [3.63, 3.8) is 0 Å². The molecule has 0 radical (unpaired) electrons. The summed E-state index contributed by atoms with van der Waals surface area (Å²) in [7, 11) is 0. The van der Waals surface area contributed by atoms with E-state index in [-0.39, 0.29) is 0 Å². The molecule has 0 spiro atoms. The normalized spacial score (nSPS) is 11.5. The van der Waals surface area contributed by atoms with E-state index in [0.717, 1.165) is 28.3 Å². The van der Waals surface area contributed by atoms with E-state index in [0.29, 0.717) is 0 Å². The molecule has 0 bridgehead atoms. The molecule has 11 aromatic carbocycles. The van der Waals surface area contributed by atoms with E-state index in [1.807, 2.05) is 0 Å². The fourth-order valence-electron chi connectivity index (χ4n) is 9.85. The zero-order chi connectivity index (χ0) is 41.0. The van der Waals surface area contributed by atoms with Crippen LogP contribution in [0, 0.1) is 0 Å². The van der Waals surface area contributed by atoms with Crippen LogP contribution in [0.2, 0.25) is 0 Å². The largest absolute Gasteiger partial charge is 0.309 e. The fraction of sp³-hybridized carbons (Fsp3) is 0. The van der Waals surface area contributed by atoms with E-state index in [9.17, 15) is 0 Å². The monoisotopic (exact) mass is 788 g/mol. The van der Waals surface area contributed by atoms with Crippen molar-refractivity contribution in [2.45, 2.75) is 0 Å². The molecule has 0 atom stereocenters. The minimum Gasteiger partial charge on any atom is -0.309 e. The lowest BCUT2D eigenvalue weighted by Gasteiger charge is -2.31. The third-order valence-electron chi connectivity index (χ3n) is 12.5. The number of hydrogen-bond donors (Lipinski definition) is 0. The maximum atomic E-state index is 2.50. The van der Waals surface area contributed by atoms with Crippen molar-refractivity contribution in [1.82, 2.24) is 4.57 Å². The van der Waals surface area contributed by atoms with Gasteiger partial charge in [-0.05, 0) is 103 Å². The van der Waals surface area contributed by atoms with Crippen LogP contribution in [-0.2, 0) is 0 Å². The standard InChI is InChI=1S/C60H40N2/c1-3-19-43(20-4-1)58-53-29-11-9-27-51(53)52-28-10-12-30-54(52)60(58)61(46-38-36-42(37-39-46)49-32-16-21-41-18-7-8-26-48(41)49)47-25-15-22-44(40-47)50-33-17-35-57-59(50)55-31-13-14-34-56(55)62(57)45-23-5-2-6-24-45/h1-40H. The van der Waals surface area contributed by atoms with Crippen LogP contribution >= 0.6 is 0 Å². The molecule has 0 aliphatic rings. The third kappa shape index (κ3) is 5.80. The summed E-state index contributed by atoms with van der Waals surface area (Å²) in [5, 5.41) is 9.86. The molecule has 290 valence electrons. The molecule has 0 saturated carbocycles. The van der Waals surface area contributed by atoms with Gasteiger partial charge in [-0.2, -0.15) is 0 Å². The lowest BCUT2D eigenvalue weighted by atomic mass is 9.89. The molecule has 0 saturated heterocycles. The summed E-state index contributed by atoms with van der Waals surface area (Å²) in [4.78, 5) is 2.50. The van der Waals surface area contributed by atoms with Crippen LogP contribution in [0.3, 0.4) is 0 Å². The summed E-state index contributed by atoms with van der Waals surface area (Å²) in [6.45, 7) is 0. The van der Waals surface area contributed by atoms with Gasteiger partial charge in [0.05, 0.1) is 16.7 Å². The van der Waals surface area contributed by atoms with Gasteiger partial charge in [-0.3, -0.25) is 0 Å². The van der Waals surface area contributed by atoms with Crippen LogP contribution in [0.5, 0.6) is 0 Å². The van der Waals surface area contributed by atoms with Gasteiger partial charge in [0, 0.05) is 38.8 Å². The van der Waals surface area contributed by atoms with Crippen molar-refractivity contribution in [1.29, 1.82) is 0 Å². The molecule has 0 unspecified atom stereocenters. The summed E-state index contributed by atoms with van der Waals surface area (Å²) in [6, 6.07) is 88.6. The molecular weight excluding hydrogens is 749 g/mol. The van der Waals surface area contributed by atoms with E-state index in [2.05, 4.69) is 252 Å². The van der Waals surface area contributed by atoms with Crippen LogP contribution in [0.15, 0.2) is 243 Å². The highest BCUT2D eigenvalue weighted by Gasteiger charge is 2.25. The number of hydrogen-bond acceptors (Lipinski definition) is 1. The van der Waals surface area contributed by atoms with E-state index in [1.165, 1.54) is 81.9 Å². The second-order valence-corrected chi connectivity index (χ2v) is 16.0. The summed E-state index contributed by atoms with van der Waals surface area (Å²) in [6.07, 6.45) is 0. The Balaban J connectivity index is 1.13. The van der Waals surface area contributed by atoms with Crippen molar-refractivity contribution in [3.05, 3.63) is 243 Å². The number of anilines is 3. The highest BCUT2D eigenvalue weighted by atomic mass is 15.1. The number of benzene rings is 11. The van der Waals surface area contributed by atoms with E-state index < -0.39 is 0 Å². The zero-order valence-electron chi connectivity index (χ0n) is 34.0. The molecule has 12 rings (SSSR count). The maximum absolute atomic E-state index is 2.50. The van der Waals surface area contributed by atoms with Gasteiger partial charge in [0.1, 0.15) is 0 Å². The first kappa shape index (κ1) is 35.7. The molecular formula is C60H40N2. The topological polar surface area (TPSA) is 8.17 Å². The van der Waals surface area contributed by atoms with Gasteiger partial charge in [0.2, 0.25) is 0 Å². The molecule has 0 aliphatic carbocycles. The van der Waals surface area contributed by atoms with Crippen molar-refractivity contribution >= 4 is 71.2 Å². The molecule has 0 aliphatic heterocycles. The van der Waals surface area contributed by atoms with Gasteiger partial charge in [0.15, 0.2) is 0 Å². The van der Waals surface area contributed by atoms with Gasteiger partial charge >= 0.3 is 0 Å². The quantitative estimate of drug-likeness (QED) is 0.146. The predicted octanol–water partition coefficient (Wildman–Crippen LogP) is 16.7. The molecule has 1 aromatic heterocycles. The lowest BCUT2D eigenvalue weighted by molar-refractivity contribution is 1.18. The molecule has 0 fully saturated rings.